The minimum Gasteiger partial charge on any atom is -0.493 e. The van der Waals surface area contributed by atoms with E-state index in [0.29, 0.717) is 33.8 Å². The molecule has 0 spiro atoms. The highest BCUT2D eigenvalue weighted by atomic mass is 16.5. The first-order chi connectivity index (χ1) is 14.4. The van der Waals surface area contributed by atoms with Crippen LogP contribution in [0.25, 0.3) is 33.1 Å². The highest BCUT2D eigenvalue weighted by Gasteiger charge is 2.17. The molecule has 7 heteroatoms. The molecule has 0 aliphatic rings. The van der Waals surface area contributed by atoms with Crippen molar-refractivity contribution < 1.29 is 28.2 Å². The Morgan fingerprint density at radius 1 is 1.03 bits per heavy atom. The van der Waals surface area contributed by atoms with Crippen molar-refractivity contribution in [2.24, 2.45) is 0 Å². The summed E-state index contributed by atoms with van der Waals surface area (Å²) in [4.78, 5) is 23.3. The number of rotatable bonds is 6. The molecule has 0 aliphatic heterocycles. The van der Waals surface area contributed by atoms with E-state index in [0.717, 1.165) is 21.9 Å². The molecule has 0 saturated heterocycles. The Balaban J connectivity index is 1.90. The molecule has 2 aromatic heterocycles. The predicted octanol–water partition coefficient (Wildman–Crippen LogP) is 4.55. The number of benzene rings is 2. The molecule has 154 valence electrons. The summed E-state index contributed by atoms with van der Waals surface area (Å²) in [5.41, 5.74) is 3.28. The Labute approximate surface area is 171 Å². The second-order valence-electron chi connectivity index (χ2n) is 6.95. The average Bonchev–Trinajstić information content (AvgIpc) is 3.14. The number of hydrogen-bond donors (Lipinski definition) is 1. The monoisotopic (exact) mass is 408 g/mol. The fraction of sp³-hybridized carbons (Fsp3) is 0.217. The Morgan fingerprint density at radius 2 is 1.80 bits per heavy atom. The minimum absolute atomic E-state index is 0.116. The Kier molecular flexibility index (Phi) is 4.95. The van der Waals surface area contributed by atoms with Gasteiger partial charge in [0.15, 0.2) is 11.5 Å². The quantitative estimate of drug-likeness (QED) is 0.467. The van der Waals surface area contributed by atoms with Crippen molar-refractivity contribution in [2.45, 2.75) is 19.8 Å². The zero-order chi connectivity index (χ0) is 21.4. The van der Waals surface area contributed by atoms with E-state index >= 15 is 0 Å². The average molecular weight is 408 g/mol. The molecule has 2 aromatic carbocycles. The summed E-state index contributed by atoms with van der Waals surface area (Å²) in [6.45, 7) is 1.80. The summed E-state index contributed by atoms with van der Waals surface area (Å²) in [5, 5.41) is 10.5. The molecular formula is C23H20O7. The molecule has 30 heavy (non-hydrogen) atoms. The van der Waals surface area contributed by atoms with Crippen molar-refractivity contribution >= 4 is 27.9 Å². The van der Waals surface area contributed by atoms with E-state index in [1.165, 1.54) is 0 Å². The van der Waals surface area contributed by atoms with Crippen LogP contribution in [0.4, 0.5) is 0 Å². The van der Waals surface area contributed by atoms with Crippen LogP contribution in [0.3, 0.4) is 0 Å². The lowest BCUT2D eigenvalue weighted by Gasteiger charge is -2.09. The topological polar surface area (TPSA) is 99.1 Å². The van der Waals surface area contributed by atoms with Crippen molar-refractivity contribution in [3.63, 3.8) is 0 Å². The third kappa shape index (κ3) is 3.28. The maximum absolute atomic E-state index is 12.3. The van der Waals surface area contributed by atoms with Gasteiger partial charge in [-0.15, -0.1) is 0 Å². The van der Waals surface area contributed by atoms with Crippen LogP contribution in [-0.4, -0.2) is 25.3 Å². The fourth-order valence-corrected chi connectivity index (χ4v) is 3.66. The first kappa shape index (κ1) is 19.6. The number of ether oxygens (including phenoxy) is 2. The molecule has 4 rings (SSSR count). The molecule has 0 atom stereocenters. The molecular weight excluding hydrogens is 388 g/mol. The largest absolute Gasteiger partial charge is 0.493 e. The van der Waals surface area contributed by atoms with Crippen molar-refractivity contribution in [1.29, 1.82) is 0 Å². The summed E-state index contributed by atoms with van der Waals surface area (Å²) >= 11 is 0. The Morgan fingerprint density at radius 3 is 2.50 bits per heavy atom. The van der Waals surface area contributed by atoms with Crippen LogP contribution in [0.5, 0.6) is 11.5 Å². The van der Waals surface area contributed by atoms with E-state index in [9.17, 15) is 9.59 Å². The first-order valence-corrected chi connectivity index (χ1v) is 9.34. The van der Waals surface area contributed by atoms with E-state index < -0.39 is 11.6 Å². The van der Waals surface area contributed by atoms with E-state index in [1.807, 2.05) is 24.3 Å². The van der Waals surface area contributed by atoms with Gasteiger partial charge in [0.05, 0.1) is 20.5 Å². The summed E-state index contributed by atoms with van der Waals surface area (Å²) in [7, 11) is 3.15. The normalized spacial score (nSPS) is 11.2. The molecule has 0 aliphatic carbocycles. The number of carboxylic acids is 1. The number of fused-ring (bicyclic) bond motifs is 2. The van der Waals surface area contributed by atoms with E-state index in [-0.39, 0.29) is 12.8 Å². The van der Waals surface area contributed by atoms with Gasteiger partial charge in [0, 0.05) is 34.4 Å². The number of furan rings is 1. The van der Waals surface area contributed by atoms with Crippen LogP contribution in [-0.2, 0) is 11.2 Å². The minimum atomic E-state index is -0.963. The molecule has 4 aromatic rings. The van der Waals surface area contributed by atoms with Gasteiger partial charge >= 0.3 is 11.6 Å². The zero-order valence-electron chi connectivity index (χ0n) is 16.8. The van der Waals surface area contributed by atoms with Gasteiger partial charge in [-0.1, -0.05) is 6.07 Å². The Bertz CT molecular complexity index is 1330. The molecule has 0 saturated carbocycles. The maximum atomic E-state index is 12.3. The SMILES string of the molecule is COc1ccc(-c2coc3cc4oc(=O)c(CCC(=O)O)c(C)c4cc23)cc1OC. The van der Waals surface area contributed by atoms with Crippen LogP contribution in [0.15, 0.2) is 50.2 Å². The molecule has 0 bridgehead atoms. The Hall–Kier alpha value is -3.74. The third-order valence-corrected chi connectivity index (χ3v) is 5.26. The molecule has 0 amide bonds. The van der Waals surface area contributed by atoms with Gasteiger partial charge in [0.2, 0.25) is 0 Å². The van der Waals surface area contributed by atoms with Crippen LogP contribution >= 0.6 is 0 Å². The van der Waals surface area contributed by atoms with Crippen LogP contribution in [0.1, 0.15) is 17.5 Å². The van der Waals surface area contributed by atoms with Gasteiger partial charge in [-0.05, 0) is 42.7 Å². The number of carbonyl (C=O) groups is 1. The summed E-state index contributed by atoms with van der Waals surface area (Å²) in [6.07, 6.45) is 1.62. The lowest BCUT2D eigenvalue weighted by atomic mass is 9.99. The van der Waals surface area contributed by atoms with E-state index in [2.05, 4.69) is 0 Å². The number of hydrogen-bond acceptors (Lipinski definition) is 6. The number of carboxylic acid groups (broad SMARTS) is 1. The van der Waals surface area contributed by atoms with Crippen molar-refractivity contribution in [2.75, 3.05) is 14.2 Å². The maximum Gasteiger partial charge on any atom is 0.339 e. The molecule has 0 fully saturated rings. The lowest BCUT2D eigenvalue weighted by Crippen LogP contribution is -2.12. The summed E-state index contributed by atoms with van der Waals surface area (Å²) in [5.74, 6) is 0.262. The van der Waals surface area contributed by atoms with E-state index in [1.54, 1.807) is 33.5 Å². The lowest BCUT2D eigenvalue weighted by molar-refractivity contribution is -0.136. The molecule has 2 heterocycles. The second-order valence-corrected chi connectivity index (χ2v) is 6.95. The van der Waals surface area contributed by atoms with Crippen LogP contribution in [0.2, 0.25) is 0 Å². The zero-order valence-corrected chi connectivity index (χ0v) is 16.8. The standard InChI is InChI=1S/C23H20O7/c1-12-14(5-7-22(24)25)23(26)30-20-10-19-16(9-15(12)20)17(11-29-19)13-4-6-18(27-2)21(8-13)28-3/h4,6,8-11H,5,7H2,1-3H3,(H,24,25). The highest BCUT2D eigenvalue weighted by Crippen LogP contribution is 2.38. The molecule has 1 N–H and O–H groups in total. The summed E-state index contributed by atoms with van der Waals surface area (Å²) in [6, 6.07) is 9.19. The molecule has 0 radical (unpaired) electrons. The van der Waals surface area contributed by atoms with E-state index in [4.69, 9.17) is 23.4 Å². The fourth-order valence-electron chi connectivity index (χ4n) is 3.66. The van der Waals surface area contributed by atoms with Crippen LogP contribution < -0.4 is 15.1 Å². The van der Waals surface area contributed by atoms with Gasteiger partial charge in [-0.3, -0.25) is 4.79 Å². The predicted molar refractivity (Wildman–Crippen MR) is 111 cm³/mol. The summed E-state index contributed by atoms with van der Waals surface area (Å²) < 4.78 is 21.9. The second kappa shape index (κ2) is 7.59. The number of methoxy groups -OCH3 is 2. The van der Waals surface area contributed by atoms with Crippen molar-refractivity contribution in [3.05, 3.63) is 58.1 Å². The van der Waals surface area contributed by atoms with Gasteiger partial charge < -0.3 is 23.4 Å². The number of aliphatic carboxylic acids is 1. The smallest absolute Gasteiger partial charge is 0.339 e. The van der Waals surface area contributed by atoms with Crippen molar-refractivity contribution in [3.8, 4) is 22.6 Å². The van der Waals surface area contributed by atoms with Gasteiger partial charge in [0.25, 0.3) is 0 Å². The van der Waals surface area contributed by atoms with Gasteiger partial charge in [0.1, 0.15) is 11.2 Å². The van der Waals surface area contributed by atoms with Gasteiger partial charge in [-0.2, -0.15) is 0 Å². The first-order valence-electron chi connectivity index (χ1n) is 9.34. The highest BCUT2D eigenvalue weighted by molar-refractivity contribution is 6.02. The molecule has 0 unspecified atom stereocenters. The third-order valence-electron chi connectivity index (χ3n) is 5.26. The van der Waals surface area contributed by atoms with Crippen molar-refractivity contribution in [1.82, 2.24) is 0 Å². The number of aryl methyl sites for hydroxylation is 1. The molecule has 7 nitrogen and oxygen atoms in total. The van der Waals surface area contributed by atoms with Crippen LogP contribution in [0, 0.1) is 6.92 Å². The van der Waals surface area contributed by atoms with Gasteiger partial charge in [-0.25, -0.2) is 4.79 Å².